The molecule has 0 amide bonds. The lowest BCUT2D eigenvalue weighted by Crippen LogP contribution is -2.39. The molecule has 0 aliphatic carbocycles. The summed E-state index contributed by atoms with van der Waals surface area (Å²) in [6.07, 6.45) is 2.14. The molecule has 8 heteroatoms. The number of halogens is 1. The van der Waals surface area contributed by atoms with E-state index in [0.29, 0.717) is 13.2 Å². The average molecular weight is 548 g/mol. The number of nitrogens with one attached hydrogen (secondary N) is 2. The van der Waals surface area contributed by atoms with Crippen LogP contribution in [0.5, 0.6) is 11.5 Å². The Labute approximate surface area is 206 Å². The monoisotopic (exact) mass is 547 g/mol. The molecule has 7 nitrogen and oxygen atoms in total. The van der Waals surface area contributed by atoms with Crippen molar-refractivity contribution in [3.63, 3.8) is 0 Å². The van der Waals surface area contributed by atoms with E-state index in [1.807, 2.05) is 19.9 Å². The molecule has 31 heavy (non-hydrogen) atoms. The molecule has 1 aromatic rings. The molecule has 1 saturated heterocycles. The number of hydrogen-bond donors (Lipinski definition) is 2. The van der Waals surface area contributed by atoms with E-state index in [4.69, 9.17) is 14.5 Å². The summed E-state index contributed by atoms with van der Waals surface area (Å²) < 4.78 is 11.4. The van der Waals surface area contributed by atoms with Crippen molar-refractivity contribution in [2.45, 2.75) is 33.6 Å². The van der Waals surface area contributed by atoms with Crippen LogP contribution in [0.3, 0.4) is 0 Å². The Morgan fingerprint density at radius 1 is 1.00 bits per heavy atom. The molecule has 2 N–H and O–H groups in total. The zero-order valence-corrected chi connectivity index (χ0v) is 22.1. The minimum Gasteiger partial charge on any atom is -0.490 e. The van der Waals surface area contributed by atoms with Gasteiger partial charge in [-0.2, -0.15) is 0 Å². The standard InChI is InChI=1S/C23H41N5O2.HI/c1-5-24-23(26-13-16-28-15-8-14-27(4)17-18-28)25-12-11-20-9-10-21(29-6-2)22(19-20)30-7-3;/h9-10,19H,5-8,11-18H2,1-4H3,(H2,24,25,26);1H. The summed E-state index contributed by atoms with van der Waals surface area (Å²) in [7, 11) is 2.20. The first-order valence-electron chi connectivity index (χ1n) is 11.5. The predicted octanol–water partition coefficient (Wildman–Crippen LogP) is 2.84. The van der Waals surface area contributed by atoms with Gasteiger partial charge < -0.3 is 29.9 Å². The molecule has 1 aromatic carbocycles. The van der Waals surface area contributed by atoms with Crippen LogP contribution in [0.1, 0.15) is 32.8 Å². The lowest BCUT2D eigenvalue weighted by Gasteiger charge is -2.19. The maximum absolute atomic E-state index is 5.73. The van der Waals surface area contributed by atoms with E-state index >= 15 is 0 Å². The van der Waals surface area contributed by atoms with Crippen molar-refractivity contribution in [1.82, 2.24) is 20.4 Å². The number of nitrogens with zero attached hydrogens (tertiary/aromatic N) is 3. The summed E-state index contributed by atoms with van der Waals surface area (Å²) in [5.41, 5.74) is 1.22. The lowest BCUT2D eigenvalue weighted by atomic mass is 10.1. The van der Waals surface area contributed by atoms with Gasteiger partial charge in [0.25, 0.3) is 0 Å². The summed E-state index contributed by atoms with van der Waals surface area (Å²) in [5, 5.41) is 6.81. The second-order valence-electron chi connectivity index (χ2n) is 7.58. The SMILES string of the molecule is CCNC(=NCCN1CCCN(C)CC1)NCCc1ccc(OCC)c(OCC)c1.I. The summed E-state index contributed by atoms with van der Waals surface area (Å²) in [6.45, 7) is 15.5. The van der Waals surface area contributed by atoms with Crippen molar-refractivity contribution >= 4 is 29.9 Å². The number of benzene rings is 1. The third-order valence-electron chi connectivity index (χ3n) is 5.16. The Bertz CT molecular complexity index is 644. The molecular weight excluding hydrogens is 505 g/mol. The van der Waals surface area contributed by atoms with Gasteiger partial charge >= 0.3 is 0 Å². The highest BCUT2D eigenvalue weighted by molar-refractivity contribution is 14.0. The van der Waals surface area contributed by atoms with Crippen molar-refractivity contribution in [3.05, 3.63) is 23.8 Å². The molecule has 0 unspecified atom stereocenters. The number of hydrogen-bond acceptors (Lipinski definition) is 5. The highest BCUT2D eigenvalue weighted by Gasteiger charge is 2.11. The van der Waals surface area contributed by atoms with E-state index in [2.05, 4.69) is 46.5 Å². The van der Waals surface area contributed by atoms with Gasteiger partial charge in [-0.25, -0.2) is 0 Å². The van der Waals surface area contributed by atoms with Crippen molar-refractivity contribution in [1.29, 1.82) is 0 Å². The fourth-order valence-electron chi connectivity index (χ4n) is 3.54. The molecule has 2 rings (SSSR count). The molecule has 0 spiro atoms. The quantitative estimate of drug-likeness (QED) is 0.253. The summed E-state index contributed by atoms with van der Waals surface area (Å²) in [4.78, 5) is 9.70. The minimum atomic E-state index is 0. The van der Waals surface area contributed by atoms with Crippen LogP contribution >= 0.6 is 24.0 Å². The van der Waals surface area contributed by atoms with Crippen molar-refractivity contribution in [2.24, 2.45) is 4.99 Å². The second kappa shape index (κ2) is 16.4. The normalized spacial score (nSPS) is 15.7. The number of ether oxygens (including phenoxy) is 2. The van der Waals surface area contributed by atoms with E-state index in [9.17, 15) is 0 Å². The smallest absolute Gasteiger partial charge is 0.191 e. The first kappa shape index (κ1) is 27.8. The zero-order valence-electron chi connectivity index (χ0n) is 19.8. The summed E-state index contributed by atoms with van der Waals surface area (Å²) >= 11 is 0. The molecule has 178 valence electrons. The van der Waals surface area contributed by atoms with Gasteiger partial charge in [0.1, 0.15) is 0 Å². The van der Waals surface area contributed by atoms with E-state index < -0.39 is 0 Å². The van der Waals surface area contributed by atoms with Crippen LogP contribution in [0.2, 0.25) is 0 Å². The molecule has 0 aromatic heterocycles. The molecule has 0 saturated carbocycles. The fourth-order valence-corrected chi connectivity index (χ4v) is 3.54. The number of rotatable bonds is 11. The van der Waals surface area contributed by atoms with Crippen LogP contribution < -0.4 is 20.1 Å². The van der Waals surface area contributed by atoms with Gasteiger partial charge in [0, 0.05) is 32.7 Å². The summed E-state index contributed by atoms with van der Waals surface area (Å²) in [5.74, 6) is 2.52. The van der Waals surface area contributed by atoms with Crippen molar-refractivity contribution in [2.75, 3.05) is 72.6 Å². The molecule has 0 bridgehead atoms. The molecule has 0 atom stereocenters. The van der Waals surface area contributed by atoms with Crippen LogP contribution in [0.4, 0.5) is 0 Å². The van der Waals surface area contributed by atoms with Crippen LogP contribution in [0, 0.1) is 0 Å². The van der Waals surface area contributed by atoms with Gasteiger partial charge in [-0.3, -0.25) is 4.99 Å². The number of aliphatic imine (C=N–C) groups is 1. The highest BCUT2D eigenvalue weighted by atomic mass is 127. The van der Waals surface area contributed by atoms with E-state index in [0.717, 1.165) is 63.1 Å². The molecule has 1 fully saturated rings. The first-order chi connectivity index (χ1) is 14.7. The van der Waals surface area contributed by atoms with Gasteiger partial charge in [-0.05, 0) is 71.4 Å². The fraction of sp³-hybridized carbons (Fsp3) is 0.696. The molecule has 0 radical (unpaired) electrons. The van der Waals surface area contributed by atoms with Crippen LogP contribution in [-0.2, 0) is 6.42 Å². The highest BCUT2D eigenvalue weighted by Crippen LogP contribution is 2.28. The maximum Gasteiger partial charge on any atom is 0.191 e. The van der Waals surface area contributed by atoms with E-state index in [-0.39, 0.29) is 24.0 Å². The third-order valence-corrected chi connectivity index (χ3v) is 5.16. The Hall–Kier alpha value is -1.26. The van der Waals surface area contributed by atoms with Crippen molar-refractivity contribution < 1.29 is 9.47 Å². The van der Waals surface area contributed by atoms with Crippen LogP contribution in [0.15, 0.2) is 23.2 Å². The molecule has 1 aliphatic heterocycles. The lowest BCUT2D eigenvalue weighted by molar-refractivity contribution is 0.283. The zero-order chi connectivity index (χ0) is 21.6. The predicted molar refractivity (Wildman–Crippen MR) is 140 cm³/mol. The summed E-state index contributed by atoms with van der Waals surface area (Å²) in [6, 6.07) is 6.19. The number of guanidine groups is 1. The Morgan fingerprint density at radius 2 is 1.77 bits per heavy atom. The Morgan fingerprint density at radius 3 is 2.52 bits per heavy atom. The molecule has 1 aliphatic rings. The van der Waals surface area contributed by atoms with Gasteiger partial charge in [-0.15, -0.1) is 24.0 Å². The van der Waals surface area contributed by atoms with Gasteiger partial charge in [0.05, 0.1) is 19.8 Å². The van der Waals surface area contributed by atoms with Gasteiger partial charge in [-0.1, -0.05) is 6.07 Å². The Kier molecular flexibility index (Phi) is 14.7. The largest absolute Gasteiger partial charge is 0.490 e. The average Bonchev–Trinajstić information content (AvgIpc) is 2.94. The van der Waals surface area contributed by atoms with E-state index in [1.54, 1.807) is 0 Å². The van der Waals surface area contributed by atoms with Gasteiger partial charge in [0.2, 0.25) is 0 Å². The number of likely N-dealkylation sites (N-methyl/N-ethyl adjacent to an activating group) is 1. The molecule has 1 heterocycles. The van der Waals surface area contributed by atoms with Gasteiger partial charge in [0.15, 0.2) is 17.5 Å². The van der Waals surface area contributed by atoms with E-state index in [1.165, 1.54) is 25.1 Å². The topological polar surface area (TPSA) is 61.4 Å². The maximum atomic E-state index is 5.73. The Balaban J connectivity index is 0.00000480. The third kappa shape index (κ3) is 10.7. The van der Waals surface area contributed by atoms with Crippen molar-refractivity contribution in [3.8, 4) is 11.5 Å². The minimum absolute atomic E-state index is 0. The van der Waals surface area contributed by atoms with Crippen LogP contribution in [0.25, 0.3) is 0 Å². The van der Waals surface area contributed by atoms with Crippen LogP contribution in [-0.4, -0.2) is 88.4 Å². The molecular formula is C23H42IN5O2. The first-order valence-corrected chi connectivity index (χ1v) is 11.5. The second-order valence-corrected chi connectivity index (χ2v) is 7.58.